The second kappa shape index (κ2) is 22.1. The van der Waals surface area contributed by atoms with Crippen LogP contribution in [0, 0.1) is 69.0 Å². The van der Waals surface area contributed by atoms with E-state index in [1.54, 1.807) is 28.1 Å². The summed E-state index contributed by atoms with van der Waals surface area (Å²) in [6.45, 7) is 43.2. The summed E-state index contributed by atoms with van der Waals surface area (Å²) in [7, 11) is 3.44. The number of aliphatic hydroxyl groups is 6. The molecule has 0 heterocycles. The highest BCUT2D eigenvalue weighted by Gasteiger charge is 2.53. The van der Waals surface area contributed by atoms with Gasteiger partial charge in [0.2, 0.25) is 0 Å². The van der Waals surface area contributed by atoms with E-state index in [4.69, 9.17) is 9.47 Å². The molecule has 6 N–H and O–H groups in total. The van der Waals surface area contributed by atoms with Gasteiger partial charge in [-0.2, -0.15) is 0 Å². The molecule has 0 aromatic carbocycles. The molecule has 0 radical (unpaired) electrons. The molecule has 0 unspecified atom stereocenters. The first-order valence-electron chi connectivity index (χ1n) is 28.1. The van der Waals surface area contributed by atoms with Crippen molar-refractivity contribution in [1.82, 2.24) is 0 Å². The van der Waals surface area contributed by atoms with E-state index in [0.717, 1.165) is 77.0 Å². The maximum Gasteiger partial charge on any atom is 0.0908 e. The number of ether oxygens (including phenoxy) is 2. The number of rotatable bonds is 2. The Labute approximate surface area is 428 Å². The monoisotopic (exact) mass is 981 g/mol. The second-order valence-corrected chi connectivity index (χ2v) is 28.4. The number of hydrogen-bond acceptors (Lipinski definition) is 8. The lowest BCUT2D eigenvalue weighted by Crippen LogP contribution is -2.46. The summed E-state index contributed by atoms with van der Waals surface area (Å²) in [5.74, 6) is 5.27. The molecule has 16 atom stereocenters. The van der Waals surface area contributed by atoms with Gasteiger partial charge < -0.3 is 40.1 Å². The normalized spacial score (nSPS) is 45.2. The molecule has 0 aromatic rings. The van der Waals surface area contributed by atoms with Crippen LogP contribution in [0.2, 0.25) is 0 Å². The smallest absolute Gasteiger partial charge is 0.0908 e. The lowest BCUT2D eigenvalue weighted by atomic mass is 9.52. The van der Waals surface area contributed by atoms with Crippen molar-refractivity contribution in [3.63, 3.8) is 0 Å². The summed E-state index contributed by atoms with van der Waals surface area (Å²) < 4.78 is 11.2. The molecule has 8 fully saturated rings. The van der Waals surface area contributed by atoms with Crippen molar-refractivity contribution in [1.29, 1.82) is 0 Å². The summed E-state index contributed by atoms with van der Waals surface area (Å²) in [5, 5.41) is 61.3. The van der Waals surface area contributed by atoms with Crippen molar-refractivity contribution in [2.75, 3.05) is 14.2 Å². The molecule has 0 aromatic heterocycles. The minimum atomic E-state index is -0.930. The Kier molecular flexibility index (Phi) is 18.8. The molecule has 8 saturated carbocycles. The van der Waals surface area contributed by atoms with Gasteiger partial charge in [0.1, 0.15) is 0 Å². The standard InChI is InChI=1S/2C16H28O2.2C15H26O2/c2*1-11-6-7-14(17)16(4,18-5)9-8-13-12(11)10-15(13,2)3;2*1-10-5-6-13(16)15(4,17)8-7-12-11(10)9-14(12,2)3/h2*12-14,17H,1,6-10H2,2-5H3;2*11-13,16-17H,1,5-9H2,2-4H3/t12-,13-,14-,16+;12-,13-,14-,16-;11-,12-,13-,15+;11-,12-,13-,15-/m1111/s1. The molecule has 0 saturated heterocycles. The topological polar surface area (TPSA) is 140 Å². The third-order valence-corrected chi connectivity index (χ3v) is 21.6. The van der Waals surface area contributed by atoms with Crippen molar-refractivity contribution in [2.45, 2.75) is 258 Å². The van der Waals surface area contributed by atoms with Crippen molar-refractivity contribution in [3.05, 3.63) is 48.6 Å². The zero-order chi connectivity index (χ0) is 52.8. The maximum absolute atomic E-state index is 10.3. The fourth-order valence-electron chi connectivity index (χ4n) is 15.2. The highest BCUT2D eigenvalue weighted by molar-refractivity contribution is 5.18. The van der Waals surface area contributed by atoms with Crippen LogP contribution in [0.4, 0.5) is 0 Å². The Hall–Kier alpha value is -1.36. The van der Waals surface area contributed by atoms with E-state index in [2.05, 4.69) is 81.7 Å². The van der Waals surface area contributed by atoms with E-state index < -0.39 is 23.4 Å². The van der Waals surface area contributed by atoms with E-state index in [0.29, 0.717) is 94.7 Å². The van der Waals surface area contributed by atoms with Crippen LogP contribution in [0.5, 0.6) is 0 Å². The Morgan fingerprint density at radius 3 is 0.786 bits per heavy atom. The third kappa shape index (κ3) is 13.0. The van der Waals surface area contributed by atoms with Crippen molar-refractivity contribution < 1.29 is 40.1 Å². The quantitative estimate of drug-likeness (QED) is 0.150. The van der Waals surface area contributed by atoms with Gasteiger partial charge in [0.15, 0.2) is 0 Å². The van der Waals surface area contributed by atoms with Gasteiger partial charge in [-0.15, -0.1) is 0 Å². The average Bonchev–Trinajstić information content (AvgIpc) is 3.37. The zero-order valence-corrected chi connectivity index (χ0v) is 47.4. The molecule has 0 amide bonds. The molecule has 8 aliphatic rings. The second-order valence-electron chi connectivity index (χ2n) is 28.4. The predicted molar refractivity (Wildman–Crippen MR) is 288 cm³/mol. The van der Waals surface area contributed by atoms with Crippen molar-refractivity contribution in [3.8, 4) is 0 Å². The van der Waals surface area contributed by atoms with Crippen LogP contribution < -0.4 is 0 Å². The minimum absolute atomic E-state index is 0.374. The molecule has 404 valence electrons. The summed E-state index contributed by atoms with van der Waals surface area (Å²) in [6.07, 6.45) is 17.0. The van der Waals surface area contributed by atoms with Gasteiger partial charge in [0.25, 0.3) is 0 Å². The van der Waals surface area contributed by atoms with Crippen LogP contribution >= 0.6 is 0 Å². The number of fused-ring (bicyclic) bond motifs is 4. The predicted octanol–water partition coefficient (Wildman–Crippen LogP) is 12.9. The molecule has 8 heteroatoms. The minimum Gasteiger partial charge on any atom is -0.390 e. The van der Waals surface area contributed by atoms with E-state index >= 15 is 0 Å². The van der Waals surface area contributed by atoms with Gasteiger partial charge in [0.05, 0.1) is 46.8 Å². The third-order valence-electron chi connectivity index (χ3n) is 21.6. The first kappa shape index (κ1) is 59.5. The van der Waals surface area contributed by atoms with Gasteiger partial charge in [-0.05, 0) is 225 Å². The molecule has 8 aliphatic carbocycles. The van der Waals surface area contributed by atoms with E-state index in [9.17, 15) is 30.6 Å². The van der Waals surface area contributed by atoms with Gasteiger partial charge in [-0.3, -0.25) is 0 Å². The lowest BCUT2D eigenvalue weighted by Gasteiger charge is -2.53. The van der Waals surface area contributed by atoms with Crippen LogP contribution in [-0.4, -0.2) is 91.7 Å². The first-order chi connectivity index (χ1) is 32.1. The van der Waals surface area contributed by atoms with Crippen LogP contribution in [-0.2, 0) is 9.47 Å². The Morgan fingerprint density at radius 2 is 0.571 bits per heavy atom. The maximum atomic E-state index is 10.3. The van der Waals surface area contributed by atoms with Crippen LogP contribution in [0.1, 0.15) is 212 Å². The molecule has 0 spiro atoms. The highest BCUT2D eigenvalue weighted by Crippen LogP contribution is 2.60. The number of methoxy groups -OCH3 is 2. The van der Waals surface area contributed by atoms with Gasteiger partial charge in [0, 0.05) is 14.2 Å². The van der Waals surface area contributed by atoms with Crippen molar-refractivity contribution in [2.24, 2.45) is 69.0 Å². The zero-order valence-electron chi connectivity index (χ0n) is 47.4. The summed E-state index contributed by atoms with van der Waals surface area (Å²) >= 11 is 0. The number of allylic oxidation sites excluding steroid dienone is 4. The van der Waals surface area contributed by atoms with Gasteiger partial charge >= 0.3 is 0 Å². The number of hydrogen-bond donors (Lipinski definition) is 6. The number of aliphatic hydroxyl groups excluding tert-OH is 4. The van der Waals surface area contributed by atoms with Crippen LogP contribution in [0.3, 0.4) is 0 Å². The summed E-state index contributed by atoms with van der Waals surface area (Å²) in [4.78, 5) is 0. The molecule has 8 rings (SSSR count). The van der Waals surface area contributed by atoms with Gasteiger partial charge in [-0.1, -0.05) is 104 Å². The van der Waals surface area contributed by atoms with E-state index in [1.807, 2.05) is 13.8 Å². The fraction of sp³-hybridized carbons (Fsp3) is 0.871. The molecular weight excluding hydrogens is 873 g/mol. The summed E-state index contributed by atoms with van der Waals surface area (Å²) in [6, 6.07) is 0. The van der Waals surface area contributed by atoms with E-state index in [1.165, 1.54) is 48.0 Å². The Balaban J connectivity index is 0.000000174. The van der Waals surface area contributed by atoms with Crippen molar-refractivity contribution >= 4 is 0 Å². The first-order valence-corrected chi connectivity index (χ1v) is 28.1. The average molecular weight is 982 g/mol. The lowest BCUT2D eigenvalue weighted by molar-refractivity contribution is -0.105. The fourth-order valence-corrected chi connectivity index (χ4v) is 15.2. The SMILES string of the molecule is C=C1CC[C@@H](O)[C@@](C)(O)CC[C@@H]2[C@@H]1CC2(C)C.C=C1CC[C@@H](O)[C@@](C)(OC)CC[C@@H]2[C@@H]1CC2(C)C.C=C1CC[C@@H](O)[C@](C)(O)CC[C@@H]2[C@@H]1CC2(C)C.C=C1CC[C@@H](O)[C@](C)(OC)CC[C@@H]2[C@@H]1CC2(C)C. The van der Waals surface area contributed by atoms with E-state index in [-0.39, 0.29) is 23.4 Å². The van der Waals surface area contributed by atoms with Gasteiger partial charge in [-0.25, -0.2) is 0 Å². The van der Waals surface area contributed by atoms with Crippen LogP contribution in [0.15, 0.2) is 48.6 Å². The Bertz CT molecular complexity index is 1690. The summed E-state index contributed by atoms with van der Waals surface area (Å²) in [5.41, 5.74) is 4.23. The van der Waals surface area contributed by atoms with Crippen LogP contribution in [0.25, 0.3) is 0 Å². The molecule has 0 bridgehead atoms. The molecule has 70 heavy (non-hydrogen) atoms. The molecular formula is C62H108O8. The largest absolute Gasteiger partial charge is 0.390 e. The molecule has 0 aliphatic heterocycles. The molecule has 8 nitrogen and oxygen atoms in total. The highest BCUT2D eigenvalue weighted by atomic mass is 16.5. The Morgan fingerprint density at radius 1 is 0.357 bits per heavy atom.